The Hall–Kier alpha value is -2.61. The van der Waals surface area contributed by atoms with Gasteiger partial charge in [0.15, 0.2) is 5.82 Å². The zero-order valence-electron chi connectivity index (χ0n) is 14.8. The van der Waals surface area contributed by atoms with Crippen molar-refractivity contribution in [3.63, 3.8) is 0 Å². The second-order valence-electron chi connectivity index (χ2n) is 8.68. The van der Waals surface area contributed by atoms with Crippen molar-refractivity contribution in [1.29, 1.82) is 0 Å². The van der Waals surface area contributed by atoms with E-state index in [1.165, 1.54) is 12.8 Å². The van der Waals surface area contributed by atoms with Crippen molar-refractivity contribution in [1.82, 2.24) is 25.1 Å². The van der Waals surface area contributed by atoms with E-state index in [-0.39, 0.29) is 5.69 Å². The van der Waals surface area contributed by atoms with Gasteiger partial charge in [0, 0.05) is 23.8 Å². The first-order valence-corrected chi connectivity index (χ1v) is 9.68. The van der Waals surface area contributed by atoms with E-state index >= 15 is 0 Å². The first-order valence-electron chi connectivity index (χ1n) is 9.68. The molecule has 0 aromatic carbocycles. The van der Waals surface area contributed by atoms with Crippen LogP contribution in [0.4, 0.5) is 5.69 Å². The Bertz CT molecular complexity index is 1070. The van der Waals surface area contributed by atoms with Gasteiger partial charge < -0.3 is 15.4 Å². The lowest BCUT2D eigenvalue weighted by Gasteiger charge is -2.58. The van der Waals surface area contributed by atoms with E-state index in [9.17, 15) is 9.90 Å². The van der Waals surface area contributed by atoms with E-state index in [1.54, 1.807) is 6.20 Å². The molecular weight excluding hydrogens is 344 g/mol. The summed E-state index contributed by atoms with van der Waals surface area (Å²) in [5.41, 5.74) is 1.76. The Kier molecular flexibility index (Phi) is 2.99. The number of fused-ring (bicyclic) bond motifs is 1. The summed E-state index contributed by atoms with van der Waals surface area (Å²) in [5, 5.41) is 22.2. The van der Waals surface area contributed by atoms with Crippen LogP contribution < -0.4 is 11.0 Å². The van der Waals surface area contributed by atoms with Crippen LogP contribution >= 0.6 is 0 Å². The number of rotatable bonds is 3. The quantitative estimate of drug-likeness (QED) is 0.485. The predicted molar refractivity (Wildman–Crippen MR) is 100 cm³/mol. The lowest BCUT2D eigenvalue weighted by Crippen LogP contribution is -2.59. The van der Waals surface area contributed by atoms with Crippen molar-refractivity contribution in [2.24, 2.45) is 17.8 Å². The van der Waals surface area contributed by atoms with Crippen molar-refractivity contribution >= 4 is 16.7 Å². The summed E-state index contributed by atoms with van der Waals surface area (Å²) in [6.45, 7) is 0. The molecule has 8 nitrogen and oxygen atoms in total. The molecule has 4 saturated carbocycles. The van der Waals surface area contributed by atoms with Crippen LogP contribution in [-0.2, 0) is 0 Å². The van der Waals surface area contributed by atoms with Gasteiger partial charge in [-0.1, -0.05) is 0 Å². The second kappa shape index (κ2) is 5.22. The third kappa shape index (κ3) is 2.29. The fourth-order valence-corrected chi connectivity index (χ4v) is 6.12. The van der Waals surface area contributed by atoms with Crippen molar-refractivity contribution in [2.45, 2.75) is 43.7 Å². The maximum absolute atomic E-state index is 11.6. The molecule has 3 unspecified atom stereocenters. The average molecular weight is 366 g/mol. The largest absolute Gasteiger partial charge is 0.390 e. The molecule has 0 saturated heterocycles. The van der Waals surface area contributed by atoms with Crippen molar-refractivity contribution in [3.8, 4) is 11.4 Å². The molecule has 0 radical (unpaired) electrons. The third-order valence-corrected chi connectivity index (χ3v) is 6.89. The summed E-state index contributed by atoms with van der Waals surface area (Å²) < 4.78 is 0. The Labute approximate surface area is 154 Å². The number of nitrogens with one attached hydrogen (secondary N) is 4. The van der Waals surface area contributed by atoms with Crippen LogP contribution in [0.1, 0.15) is 32.1 Å². The highest BCUT2D eigenvalue weighted by molar-refractivity contribution is 5.97. The van der Waals surface area contributed by atoms with Crippen LogP contribution in [-0.4, -0.2) is 41.9 Å². The smallest absolute Gasteiger partial charge is 0.340 e. The number of nitrogens with zero attached hydrogens (tertiary/aromatic N) is 2. The molecule has 0 spiro atoms. The van der Waals surface area contributed by atoms with Crippen molar-refractivity contribution < 1.29 is 5.11 Å². The van der Waals surface area contributed by atoms with Gasteiger partial charge in [0.25, 0.3) is 0 Å². The van der Waals surface area contributed by atoms with E-state index in [2.05, 4.69) is 30.5 Å². The van der Waals surface area contributed by atoms with E-state index in [4.69, 9.17) is 0 Å². The van der Waals surface area contributed by atoms with E-state index in [0.717, 1.165) is 41.5 Å². The minimum absolute atomic E-state index is 0.326. The average Bonchev–Trinajstić information content (AvgIpc) is 3.25. The Morgan fingerprint density at radius 2 is 2.04 bits per heavy atom. The summed E-state index contributed by atoms with van der Waals surface area (Å²) in [6.07, 6.45) is 8.74. The molecule has 3 aromatic rings. The van der Waals surface area contributed by atoms with Crippen molar-refractivity contribution in [2.75, 3.05) is 5.32 Å². The number of pyridine rings is 1. The molecule has 5 N–H and O–H groups in total. The zero-order chi connectivity index (χ0) is 18.2. The predicted octanol–water partition coefficient (Wildman–Crippen LogP) is 1.99. The standard InChI is InChI=1S/C19H22N6O2/c26-18-23-17(24-25-18)13-8-21-16-12(1-2-20-16)15(13)22-14-10-3-9-4-11(14)7-19(27,5-9)6-10/h1-2,8-11,14,27H,3-7H2,(H2,20,21,22)(H2,23,24,25,26)/t9?,10-,11+,14?,19?. The van der Waals surface area contributed by atoms with E-state index < -0.39 is 5.60 Å². The first kappa shape index (κ1) is 15.4. The Balaban J connectivity index is 1.44. The van der Waals surface area contributed by atoms with E-state index in [0.29, 0.717) is 29.6 Å². The number of H-pyrrole nitrogens is 3. The zero-order valence-corrected chi connectivity index (χ0v) is 14.8. The number of aromatic nitrogens is 5. The van der Waals surface area contributed by atoms with Crippen LogP contribution in [0.25, 0.3) is 22.4 Å². The van der Waals surface area contributed by atoms with Gasteiger partial charge in [-0.05, 0) is 55.9 Å². The highest BCUT2D eigenvalue weighted by atomic mass is 16.3. The molecule has 4 aliphatic carbocycles. The van der Waals surface area contributed by atoms with E-state index in [1.807, 2.05) is 12.3 Å². The highest BCUT2D eigenvalue weighted by Crippen LogP contribution is 2.56. The molecule has 0 aliphatic heterocycles. The highest BCUT2D eigenvalue weighted by Gasteiger charge is 2.54. The molecule has 4 aliphatic rings. The normalized spacial score (nSPS) is 34.4. The Morgan fingerprint density at radius 3 is 2.74 bits per heavy atom. The molecule has 3 heterocycles. The SMILES string of the molecule is O=c1[nH]nc(-c2cnc3[nH]ccc3c2NC2[C@@H]3CC4C[C@H]2CC(O)(C4)C3)[nH]1. The molecule has 8 heteroatoms. The van der Waals surface area contributed by atoms with Crippen LogP contribution in [0, 0.1) is 17.8 Å². The molecule has 4 bridgehead atoms. The molecule has 7 rings (SSSR count). The number of aliphatic hydroxyl groups is 1. The Morgan fingerprint density at radius 1 is 1.22 bits per heavy atom. The van der Waals surface area contributed by atoms with Crippen LogP contribution in [0.15, 0.2) is 23.3 Å². The van der Waals surface area contributed by atoms with Gasteiger partial charge in [0.2, 0.25) is 0 Å². The lowest BCUT2D eigenvalue weighted by molar-refractivity contribution is -0.129. The number of anilines is 1. The van der Waals surface area contributed by atoms with Gasteiger partial charge in [-0.2, -0.15) is 5.10 Å². The fourth-order valence-electron chi connectivity index (χ4n) is 6.12. The van der Waals surface area contributed by atoms with Gasteiger partial charge in [0.1, 0.15) is 5.65 Å². The van der Waals surface area contributed by atoms with Gasteiger partial charge in [-0.3, -0.25) is 4.98 Å². The van der Waals surface area contributed by atoms with Gasteiger partial charge in [0.05, 0.1) is 16.9 Å². The molecule has 4 fully saturated rings. The number of hydrogen-bond acceptors (Lipinski definition) is 5. The minimum Gasteiger partial charge on any atom is -0.390 e. The number of aromatic amines is 3. The topological polar surface area (TPSA) is 122 Å². The monoisotopic (exact) mass is 366 g/mol. The molecule has 140 valence electrons. The van der Waals surface area contributed by atoms with Crippen LogP contribution in [0.2, 0.25) is 0 Å². The second-order valence-corrected chi connectivity index (χ2v) is 8.68. The lowest BCUT2D eigenvalue weighted by atomic mass is 9.52. The summed E-state index contributed by atoms with van der Waals surface area (Å²) >= 11 is 0. The molecule has 5 atom stereocenters. The van der Waals surface area contributed by atoms with Gasteiger partial charge in [-0.25, -0.2) is 14.9 Å². The third-order valence-electron chi connectivity index (χ3n) is 6.89. The summed E-state index contributed by atoms with van der Waals surface area (Å²) in [6, 6.07) is 2.33. The van der Waals surface area contributed by atoms with Gasteiger partial charge in [-0.15, -0.1) is 0 Å². The molecular formula is C19H22N6O2. The maximum Gasteiger partial charge on any atom is 0.340 e. The molecule has 27 heavy (non-hydrogen) atoms. The van der Waals surface area contributed by atoms with Crippen LogP contribution in [0.5, 0.6) is 0 Å². The summed E-state index contributed by atoms with van der Waals surface area (Å²) in [4.78, 5) is 21.9. The minimum atomic E-state index is -0.452. The summed E-state index contributed by atoms with van der Waals surface area (Å²) in [5.74, 6) is 2.11. The van der Waals surface area contributed by atoms with Crippen molar-refractivity contribution in [3.05, 3.63) is 28.9 Å². The first-order chi connectivity index (χ1) is 13.1. The number of hydrogen-bond donors (Lipinski definition) is 5. The fraction of sp³-hybridized carbons (Fsp3) is 0.526. The molecule has 3 aromatic heterocycles. The van der Waals surface area contributed by atoms with Gasteiger partial charge >= 0.3 is 5.69 Å². The maximum atomic E-state index is 11.6. The summed E-state index contributed by atoms with van der Waals surface area (Å²) in [7, 11) is 0. The van der Waals surface area contributed by atoms with Crippen LogP contribution in [0.3, 0.4) is 0 Å². The molecule has 0 amide bonds.